The number of carbonyl (C=O) groups excluding carboxylic acids is 1. The van der Waals surface area contributed by atoms with Crippen LogP contribution in [0.15, 0.2) is 18.2 Å². The van der Waals surface area contributed by atoms with Crippen LogP contribution >= 0.6 is 0 Å². The lowest BCUT2D eigenvalue weighted by atomic mass is 10.2. The van der Waals surface area contributed by atoms with E-state index in [1.54, 1.807) is 13.1 Å². The van der Waals surface area contributed by atoms with E-state index in [9.17, 15) is 9.18 Å². The average Bonchev–Trinajstić information content (AvgIpc) is 2.33. The van der Waals surface area contributed by atoms with Gasteiger partial charge in [0.05, 0.1) is 13.0 Å². The van der Waals surface area contributed by atoms with Gasteiger partial charge in [-0.15, -0.1) is 0 Å². The molecule has 0 fully saturated rings. The number of halogens is 1. The number of hydrogen-bond acceptors (Lipinski definition) is 3. The summed E-state index contributed by atoms with van der Waals surface area (Å²) < 4.78 is 18.6. The van der Waals surface area contributed by atoms with Gasteiger partial charge in [0, 0.05) is 18.7 Å². The van der Waals surface area contributed by atoms with E-state index in [2.05, 4.69) is 10.6 Å². The van der Waals surface area contributed by atoms with Gasteiger partial charge >= 0.3 is 0 Å². The summed E-state index contributed by atoms with van der Waals surface area (Å²) in [5.41, 5.74) is 0.744. The van der Waals surface area contributed by atoms with E-state index in [0.717, 1.165) is 5.56 Å². The van der Waals surface area contributed by atoms with E-state index >= 15 is 0 Å². The molecule has 5 heteroatoms. The van der Waals surface area contributed by atoms with Crippen LogP contribution in [0.4, 0.5) is 4.39 Å². The molecule has 0 aliphatic carbocycles. The Labute approximate surface area is 107 Å². The van der Waals surface area contributed by atoms with Crippen molar-refractivity contribution < 1.29 is 13.9 Å². The highest BCUT2D eigenvalue weighted by Gasteiger charge is 2.06. The summed E-state index contributed by atoms with van der Waals surface area (Å²) in [6.07, 6.45) is 0.296. The predicted octanol–water partition coefficient (Wildman–Crippen LogP) is 1.45. The SMILES string of the molecule is CCNC(=O)CCOc1ccc(F)cc1CNC. The van der Waals surface area contributed by atoms with Gasteiger partial charge in [0.2, 0.25) is 5.91 Å². The number of ether oxygens (including phenoxy) is 1. The van der Waals surface area contributed by atoms with E-state index in [4.69, 9.17) is 4.74 Å². The maximum absolute atomic E-state index is 13.1. The van der Waals surface area contributed by atoms with Crippen LogP contribution in [-0.4, -0.2) is 26.1 Å². The third-order valence-electron chi connectivity index (χ3n) is 2.35. The Bertz CT molecular complexity index is 397. The van der Waals surface area contributed by atoms with Crippen molar-refractivity contribution in [2.75, 3.05) is 20.2 Å². The Hall–Kier alpha value is -1.62. The van der Waals surface area contributed by atoms with Crippen molar-refractivity contribution in [1.29, 1.82) is 0 Å². The lowest BCUT2D eigenvalue weighted by Gasteiger charge is -2.11. The van der Waals surface area contributed by atoms with Crippen molar-refractivity contribution in [3.63, 3.8) is 0 Å². The fourth-order valence-corrected chi connectivity index (χ4v) is 1.56. The summed E-state index contributed by atoms with van der Waals surface area (Å²) in [5.74, 6) is 0.265. The van der Waals surface area contributed by atoms with Crippen LogP contribution in [0, 0.1) is 5.82 Å². The highest BCUT2D eigenvalue weighted by Crippen LogP contribution is 2.19. The summed E-state index contributed by atoms with van der Waals surface area (Å²) >= 11 is 0. The molecule has 1 rings (SSSR count). The van der Waals surface area contributed by atoms with Gasteiger partial charge in [-0.1, -0.05) is 0 Å². The first-order chi connectivity index (χ1) is 8.67. The molecule has 100 valence electrons. The lowest BCUT2D eigenvalue weighted by molar-refractivity contribution is -0.121. The van der Waals surface area contributed by atoms with Crippen LogP contribution in [-0.2, 0) is 11.3 Å². The summed E-state index contributed by atoms with van der Waals surface area (Å²) in [7, 11) is 1.78. The number of rotatable bonds is 7. The Morgan fingerprint density at radius 2 is 2.22 bits per heavy atom. The van der Waals surface area contributed by atoms with Crippen molar-refractivity contribution in [1.82, 2.24) is 10.6 Å². The quantitative estimate of drug-likeness (QED) is 0.774. The van der Waals surface area contributed by atoms with Crippen LogP contribution in [0.2, 0.25) is 0 Å². The topological polar surface area (TPSA) is 50.4 Å². The first-order valence-corrected chi connectivity index (χ1v) is 6.00. The van der Waals surface area contributed by atoms with Crippen molar-refractivity contribution in [2.45, 2.75) is 19.9 Å². The Balaban J connectivity index is 2.53. The molecule has 0 unspecified atom stereocenters. The summed E-state index contributed by atoms with van der Waals surface area (Å²) in [5, 5.41) is 5.63. The van der Waals surface area contributed by atoms with E-state index in [-0.39, 0.29) is 18.3 Å². The molecule has 0 aliphatic heterocycles. The largest absolute Gasteiger partial charge is 0.493 e. The second-order valence-corrected chi connectivity index (χ2v) is 3.83. The van der Waals surface area contributed by atoms with Crippen LogP contribution < -0.4 is 15.4 Å². The molecule has 0 aromatic heterocycles. The Kier molecular flexibility index (Phi) is 6.14. The highest BCUT2D eigenvalue weighted by atomic mass is 19.1. The van der Waals surface area contributed by atoms with Gasteiger partial charge in [-0.05, 0) is 32.2 Å². The minimum atomic E-state index is -0.295. The fraction of sp³-hybridized carbons (Fsp3) is 0.462. The van der Waals surface area contributed by atoms with E-state index in [0.29, 0.717) is 25.3 Å². The van der Waals surface area contributed by atoms with Crippen molar-refractivity contribution in [3.05, 3.63) is 29.6 Å². The Morgan fingerprint density at radius 3 is 2.89 bits per heavy atom. The second-order valence-electron chi connectivity index (χ2n) is 3.83. The minimum Gasteiger partial charge on any atom is -0.493 e. The molecule has 0 saturated carbocycles. The summed E-state index contributed by atoms with van der Waals surface area (Å²) in [4.78, 5) is 11.2. The smallest absolute Gasteiger partial charge is 0.223 e. The fourth-order valence-electron chi connectivity index (χ4n) is 1.56. The maximum Gasteiger partial charge on any atom is 0.223 e. The summed E-state index contributed by atoms with van der Waals surface area (Å²) in [6, 6.07) is 4.36. The first-order valence-electron chi connectivity index (χ1n) is 6.00. The molecule has 1 aromatic rings. The molecule has 0 heterocycles. The molecule has 4 nitrogen and oxygen atoms in total. The molecule has 1 aromatic carbocycles. The first kappa shape index (κ1) is 14.4. The number of benzene rings is 1. The van der Waals surface area contributed by atoms with Crippen molar-refractivity contribution >= 4 is 5.91 Å². The minimum absolute atomic E-state index is 0.0465. The molecule has 0 saturated heterocycles. The van der Waals surface area contributed by atoms with Crippen LogP contribution in [0.3, 0.4) is 0 Å². The van der Waals surface area contributed by atoms with E-state index in [1.807, 2.05) is 6.92 Å². The molecule has 18 heavy (non-hydrogen) atoms. The molecule has 0 aliphatic rings. The van der Waals surface area contributed by atoms with Gasteiger partial charge in [0.1, 0.15) is 11.6 Å². The number of hydrogen-bond donors (Lipinski definition) is 2. The highest BCUT2D eigenvalue weighted by molar-refractivity contribution is 5.75. The summed E-state index contributed by atoms with van der Waals surface area (Å²) in [6.45, 7) is 3.28. The molecule has 1 amide bonds. The standard InChI is InChI=1S/C13H19FN2O2/c1-3-16-13(17)6-7-18-12-5-4-11(14)8-10(12)9-15-2/h4-5,8,15H,3,6-7,9H2,1-2H3,(H,16,17). The Morgan fingerprint density at radius 1 is 1.44 bits per heavy atom. The van der Waals surface area contributed by atoms with Crippen LogP contribution in [0.1, 0.15) is 18.9 Å². The molecule has 0 radical (unpaired) electrons. The third kappa shape index (κ3) is 4.71. The molecule has 0 atom stereocenters. The molecular weight excluding hydrogens is 235 g/mol. The zero-order valence-electron chi connectivity index (χ0n) is 10.8. The number of nitrogens with one attached hydrogen (secondary N) is 2. The normalized spacial score (nSPS) is 10.2. The van der Waals surface area contributed by atoms with Gasteiger partial charge in [-0.3, -0.25) is 4.79 Å². The van der Waals surface area contributed by atoms with Crippen molar-refractivity contribution in [2.24, 2.45) is 0 Å². The monoisotopic (exact) mass is 254 g/mol. The van der Waals surface area contributed by atoms with Gasteiger partial charge in [-0.25, -0.2) is 4.39 Å². The van der Waals surface area contributed by atoms with E-state index in [1.165, 1.54) is 12.1 Å². The van der Waals surface area contributed by atoms with Crippen LogP contribution in [0.5, 0.6) is 5.75 Å². The van der Waals surface area contributed by atoms with Gasteiger partial charge in [0.25, 0.3) is 0 Å². The van der Waals surface area contributed by atoms with Gasteiger partial charge in [-0.2, -0.15) is 0 Å². The van der Waals surface area contributed by atoms with E-state index < -0.39 is 0 Å². The maximum atomic E-state index is 13.1. The second kappa shape index (κ2) is 7.66. The zero-order chi connectivity index (χ0) is 13.4. The van der Waals surface area contributed by atoms with Crippen molar-refractivity contribution in [3.8, 4) is 5.75 Å². The predicted molar refractivity (Wildman–Crippen MR) is 68.0 cm³/mol. The van der Waals surface area contributed by atoms with Gasteiger partial charge in [0.15, 0.2) is 0 Å². The molecular formula is C13H19FN2O2. The third-order valence-corrected chi connectivity index (χ3v) is 2.35. The lowest BCUT2D eigenvalue weighted by Crippen LogP contribution is -2.24. The molecule has 2 N–H and O–H groups in total. The molecule has 0 spiro atoms. The number of carbonyl (C=O) groups is 1. The molecule has 0 bridgehead atoms. The van der Waals surface area contributed by atoms with Crippen LogP contribution in [0.25, 0.3) is 0 Å². The average molecular weight is 254 g/mol. The zero-order valence-corrected chi connectivity index (χ0v) is 10.8. The number of amides is 1. The van der Waals surface area contributed by atoms with Gasteiger partial charge < -0.3 is 15.4 Å².